The molecule has 0 saturated carbocycles. The fraction of sp³-hybridized carbons (Fsp3) is 0.455. The summed E-state index contributed by atoms with van der Waals surface area (Å²) in [5.41, 5.74) is 7.03. The lowest BCUT2D eigenvalue weighted by molar-refractivity contribution is 0.601. The smallest absolute Gasteiger partial charge is 0.111 e. The van der Waals surface area contributed by atoms with E-state index in [0.717, 1.165) is 23.4 Å². The summed E-state index contributed by atoms with van der Waals surface area (Å²) < 4.78 is 1.17. The Labute approximate surface area is 93.4 Å². The highest BCUT2D eigenvalue weighted by molar-refractivity contribution is 7.18. The third kappa shape index (κ3) is 2.33. The van der Waals surface area contributed by atoms with E-state index in [-0.39, 0.29) is 6.04 Å². The van der Waals surface area contributed by atoms with Crippen LogP contribution in [0.5, 0.6) is 0 Å². The van der Waals surface area contributed by atoms with Crippen molar-refractivity contribution in [3.05, 3.63) is 23.5 Å². The van der Waals surface area contributed by atoms with Gasteiger partial charge in [-0.2, -0.15) is 0 Å². The van der Waals surface area contributed by atoms with Crippen LogP contribution < -0.4 is 5.73 Å². The van der Waals surface area contributed by atoms with Gasteiger partial charge in [0.05, 0.1) is 22.5 Å². The monoisotopic (exact) mass is 221 g/mol. The van der Waals surface area contributed by atoms with Crippen LogP contribution >= 0.6 is 11.3 Å². The van der Waals surface area contributed by atoms with E-state index >= 15 is 0 Å². The summed E-state index contributed by atoms with van der Waals surface area (Å²) in [7, 11) is 0. The standard InChI is InChI=1S/C11H15N3S/c1-2-3-4-8(12)11-14-9-7-13-6-5-10(9)15-11/h5-8H,2-4,12H2,1H3. The molecule has 0 aliphatic carbocycles. The predicted molar refractivity (Wildman–Crippen MR) is 63.9 cm³/mol. The van der Waals surface area contributed by atoms with Crippen LogP contribution in [0, 0.1) is 0 Å². The molecule has 2 aromatic rings. The maximum atomic E-state index is 6.07. The molecular formula is C11H15N3S. The van der Waals surface area contributed by atoms with Gasteiger partial charge in [-0.3, -0.25) is 4.98 Å². The molecular weight excluding hydrogens is 206 g/mol. The highest BCUT2D eigenvalue weighted by Crippen LogP contribution is 2.26. The summed E-state index contributed by atoms with van der Waals surface area (Å²) in [6, 6.07) is 2.07. The van der Waals surface area contributed by atoms with Gasteiger partial charge in [0.25, 0.3) is 0 Å². The van der Waals surface area contributed by atoms with E-state index in [1.54, 1.807) is 23.7 Å². The van der Waals surface area contributed by atoms with Gasteiger partial charge in [-0.05, 0) is 12.5 Å². The molecule has 2 N–H and O–H groups in total. The fourth-order valence-corrected chi connectivity index (χ4v) is 2.47. The molecule has 80 valence electrons. The lowest BCUT2D eigenvalue weighted by Gasteiger charge is -2.05. The van der Waals surface area contributed by atoms with Crippen LogP contribution in [0.25, 0.3) is 10.2 Å². The van der Waals surface area contributed by atoms with Crippen LogP contribution in [0.15, 0.2) is 18.5 Å². The number of nitrogens with zero attached hydrogens (tertiary/aromatic N) is 2. The van der Waals surface area contributed by atoms with E-state index in [4.69, 9.17) is 5.73 Å². The van der Waals surface area contributed by atoms with Gasteiger partial charge in [0.2, 0.25) is 0 Å². The second-order valence-corrected chi connectivity index (χ2v) is 4.71. The lowest BCUT2D eigenvalue weighted by Crippen LogP contribution is -2.09. The fourth-order valence-electron chi connectivity index (χ4n) is 1.50. The highest BCUT2D eigenvalue weighted by Gasteiger charge is 2.10. The van der Waals surface area contributed by atoms with Gasteiger partial charge in [-0.25, -0.2) is 4.98 Å². The van der Waals surface area contributed by atoms with E-state index in [9.17, 15) is 0 Å². The molecule has 15 heavy (non-hydrogen) atoms. The van der Waals surface area contributed by atoms with Crippen LogP contribution in [0.4, 0.5) is 0 Å². The van der Waals surface area contributed by atoms with Crippen molar-refractivity contribution in [2.24, 2.45) is 5.73 Å². The first-order chi connectivity index (χ1) is 7.31. The number of hydrogen-bond donors (Lipinski definition) is 1. The van der Waals surface area contributed by atoms with Gasteiger partial charge in [-0.1, -0.05) is 19.8 Å². The van der Waals surface area contributed by atoms with Gasteiger partial charge in [0.1, 0.15) is 5.01 Å². The molecule has 2 rings (SSSR count). The quantitative estimate of drug-likeness (QED) is 0.863. The minimum Gasteiger partial charge on any atom is -0.322 e. The summed E-state index contributed by atoms with van der Waals surface area (Å²) >= 11 is 1.68. The summed E-state index contributed by atoms with van der Waals surface area (Å²) in [5.74, 6) is 0. The number of fused-ring (bicyclic) bond motifs is 1. The van der Waals surface area contributed by atoms with Crippen LogP contribution in [0.2, 0.25) is 0 Å². The molecule has 0 aliphatic rings. The van der Waals surface area contributed by atoms with E-state index in [0.29, 0.717) is 0 Å². The van der Waals surface area contributed by atoms with Gasteiger partial charge in [0.15, 0.2) is 0 Å². The molecule has 3 nitrogen and oxygen atoms in total. The zero-order valence-corrected chi connectivity index (χ0v) is 9.63. The predicted octanol–water partition coefficient (Wildman–Crippen LogP) is 2.88. The Morgan fingerprint density at radius 3 is 3.13 bits per heavy atom. The third-order valence-electron chi connectivity index (χ3n) is 2.39. The number of thiazole rings is 1. The molecule has 1 atom stereocenters. The second kappa shape index (κ2) is 4.68. The Morgan fingerprint density at radius 1 is 1.53 bits per heavy atom. The number of unbranched alkanes of at least 4 members (excludes halogenated alkanes) is 1. The average Bonchev–Trinajstić information content (AvgIpc) is 2.69. The highest BCUT2D eigenvalue weighted by atomic mass is 32.1. The molecule has 4 heteroatoms. The van der Waals surface area contributed by atoms with Gasteiger partial charge < -0.3 is 5.73 Å². The molecule has 0 amide bonds. The van der Waals surface area contributed by atoms with Crippen molar-refractivity contribution in [1.82, 2.24) is 9.97 Å². The molecule has 0 spiro atoms. The number of nitrogens with two attached hydrogens (primary N) is 1. The van der Waals surface area contributed by atoms with Crippen molar-refractivity contribution in [3.63, 3.8) is 0 Å². The molecule has 0 radical (unpaired) electrons. The zero-order valence-electron chi connectivity index (χ0n) is 8.81. The number of hydrogen-bond acceptors (Lipinski definition) is 4. The van der Waals surface area contributed by atoms with Crippen LogP contribution in [-0.4, -0.2) is 9.97 Å². The Morgan fingerprint density at radius 2 is 2.40 bits per heavy atom. The molecule has 2 aromatic heterocycles. The van der Waals surface area contributed by atoms with Crippen molar-refractivity contribution < 1.29 is 0 Å². The number of aromatic nitrogens is 2. The molecule has 2 heterocycles. The molecule has 0 aliphatic heterocycles. The van der Waals surface area contributed by atoms with Crippen molar-refractivity contribution >= 4 is 21.6 Å². The SMILES string of the molecule is CCCCC(N)c1nc2cnccc2s1. The first kappa shape index (κ1) is 10.5. The first-order valence-corrected chi connectivity index (χ1v) is 6.09. The number of rotatable bonds is 4. The summed E-state index contributed by atoms with van der Waals surface area (Å²) in [6.07, 6.45) is 6.95. The topological polar surface area (TPSA) is 51.8 Å². The van der Waals surface area contributed by atoms with Crippen LogP contribution in [0.1, 0.15) is 37.2 Å². The largest absolute Gasteiger partial charge is 0.322 e. The third-order valence-corrected chi connectivity index (χ3v) is 3.56. The summed E-state index contributed by atoms with van der Waals surface area (Å²) in [6.45, 7) is 2.18. The van der Waals surface area contributed by atoms with Gasteiger partial charge in [0, 0.05) is 6.20 Å². The van der Waals surface area contributed by atoms with Crippen LogP contribution in [-0.2, 0) is 0 Å². The molecule has 0 saturated heterocycles. The number of pyridine rings is 1. The van der Waals surface area contributed by atoms with Gasteiger partial charge in [-0.15, -0.1) is 11.3 Å². The summed E-state index contributed by atoms with van der Waals surface area (Å²) in [4.78, 5) is 8.55. The zero-order chi connectivity index (χ0) is 10.7. The molecule has 0 aromatic carbocycles. The Kier molecular flexibility index (Phi) is 3.28. The minimum atomic E-state index is 0.0855. The maximum Gasteiger partial charge on any atom is 0.111 e. The summed E-state index contributed by atoms with van der Waals surface area (Å²) in [5, 5.41) is 1.03. The molecule has 0 bridgehead atoms. The molecule has 1 unspecified atom stereocenters. The second-order valence-electron chi connectivity index (χ2n) is 3.64. The Bertz CT molecular complexity index is 405. The normalized spacial score (nSPS) is 13.2. The van der Waals surface area contributed by atoms with E-state index in [1.807, 2.05) is 6.07 Å². The minimum absolute atomic E-state index is 0.0855. The van der Waals surface area contributed by atoms with Crippen LogP contribution in [0.3, 0.4) is 0 Å². The van der Waals surface area contributed by atoms with E-state index in [1.165, 1.54) is 11.1 Å². The molecule has 0 fully saturated rings. The van der Waals surface area contributed by atoms with Crippen molar-refractivity contribution in [2.75, 3.05) is 0 Å². The van der Waals surface area contributed by atoms with Crippen molar-refractivity contribution in [3.8, 4) is 0 Å². The maximum absolute atomic E-state index is 6.07. The van der Waals surface area contributed by atoms with Gasteiger partial charge >= 0.3 is 0 Å². The van der Waals surface area contributed by atoms with E-state index in [2.05, 4.69) is 16.9 Å². The van der Waals surface area contributed by atoms with Crippen molar-refractivity contribution in [1.29, 1.82) is 0 Å². The van der Waals surface area contributed by atoms with E-state index < -0.39 is 0 Å². The Balaban J connectivity index is 2.20. The average molecular weight is 221 g/mol. The van der Waals surface area contributed by atoms with Crippen molar-refractivity contribution in [2.45, 2.75) is 32.2 Å². The Hall–Kier alpha value is -1.00. The lowest BCUT2D eigenvalue weighted by atomic mass is 10.1. The first-order valence-electron chi connectivity index (χ1n) is 5.27.